The average Bonchev–Trinajstić information content (AvgIpc) is 2.40. The van der Waals surface area contributed by atoms with Gasteiger partial charge in [0.25, 0.3) is 0 Å². The van der Waals surface area contributed by atoms with Crippen LogP contribution in [0.2, 0.25) is 0 Å². The van der Waals surface area contributed by atoms with E-state index in [1.54, 1.807) is 0 Å². The van der Waals surface area contributed by atoms with Crippen LogP contribution in [0.4, 0.5) is 0 Å². The zero-order valence-electron chi connectivity index (χ0n) is 9.82. The summed E-state index contributed by atoms with van der Waals surface area (Å²) in [5.74, 6) is 2.25. The first-order valence-corrected chi connectivity index (χ1v) is 6.27. The van der Waals surface area contributed by atoms with E-state index < -0.39 is 0 Å². The minimum absolute atomic E-state index is 0.533. The summed E-state index contributed by atoms with van der Waals surface area (Å²) >= 11 is 5.74. The Bertz CT molecular complexity index is 477. The summed E-state index contributed by atoms with van der Waals surface area (Å²) in [4.78, 5) is 0. The molecule has 1 nitrogen and oxygen atoms in total. The highest BCUT2D eigenvalue weighted by Crippen LogP contribution is 2.23. The normalized spacial score (nSPS) is 10.2. The smallest absolute Gasteiger partial charge is 0.127 e. The van der Waals surface area contributed by atoms with Crippen molar-refractivity contribution in [3.05, 3.63) is 59.7 Å². The molecule has 2 rings (SSSR count). The molecule has 88 valence electrons. The predicted molar refractivity (Wildman–Crippen MR) is 71.9 cm³/mol. The first-order valence-electron chi connectivity index (χ1n) is 5.73. The van der Waals surface area contributed by atoms with Crippen molar-refractivity contribution in [1.29, 1.82) is 0 Å². The molecule has 0 aromatic heterocycles. The zero-order chi connectivity index (χ0) is 12.1. The van der Waals surface area contributed by atoms with E-state index in [4.69, 9.17) is 16.3 Å². The highest BCUT2D eigenvalue weighted by Gasteiger charge is 1.98. The molecule has 2 heteroatoms. The summed E-state index contributed by atoms with van der Waals surface area (Å²) in [5.41, 5.74) is 2.38. The average molecular weight is 247 g/mol. The maximum absolute atomic E-state index is 5.78. The Kier molecular flexibility index (Phi) is 4.05. The van der Waals surface area contributed by atoms with E-state index in [9.17, 15) is 0 Å². The highest BCUT2D eigenvalue weighted by atomic mass is 35.5. The second kappa shape index (κ2) is 5.74. The van der Waals surface area contributed by atoms with Crippen LogP contribution in [-0.2, 0) is 12.3 Å². The van der Waals surface area contributed by atoms with Crippen molar-refractivity contribution in [2.45, 2.75) is 19.2 Å². The van der Waals surface area contributed by atoms with Crippen LogP contribution in [0.1, 0.15) is 18.1 Å². The van der Waals surface area contributed by atoms with Gasteiger partial charge < -0.3 is 4.74 Å². The van der Waals surface area contributed by atoms with Gasteiger partial charge in [0, 0.05) is 5.88 Å². The molecule has 0 radical (unpaired) electrons. The van der Waals surface area contributed by atoms with Crippen LogP contribution in [0.5, 0.6) is 11.5 Å². The highest BCUT2D eigenvalue weighted by molar-refractivity contribution is 6.17. The van der Waals surface area contributed by atoms with E-state index >= 15 is 0 Å². The third-order valence-electron chi connectivity index (χ3n) is 2.62. The Morgan fingerprint density at radius 1 is 0.941 bits per heavy atom. The molecule has 17 heavy (non-hydrogen) atoms. The molecule has 0 aliphatic heterocycles. The molecule has 0 N–H and O–H groups in total. The number of halogens is 1. The van der Waals surface area contributed by atoms with Gasteiger partial charge in [-0.15, -0.1) is 11.6 Å². The van der Waals surface area contributed by atoms with Crippen molar-refractivity contribution < 1.29 is 4.74 Å². The Balaban J connectivity index is 2.13. The van der Waals surface area contributed by atoms with Crippen LogP contribution in [0, 0.1) is 0 Å². The van der Waals surface area contributed by atoms with Crippen LogP contribution in [0.25, 0.3) is 0 Å². The van der Waals surface area contributed by atoms with Crippen molar-refractivity contribution in [3.63, 3.8) is 0 Å². The van der Waals surface area contributed by atoms with Gasteiger partial charge >= 0.3 is 0 Å². The van der Waals surface area contributed by atoms with Gasteiger partial charge in [0.05, 0.1) is 0 Å². The molecule has 0 aliphatic carbocycles. The lowest BCUT2D eigenvalue weighted by molar-refractivity contribution is 0.482. The molecule has 0 spiro atoms. The summed E-state index contributed by atoms with van der Waals surface area (Å²) in [6.07, 6.45) is 1.02. The number of rotatable bonds is 4. The molecule has 2 aromatic rings. The fraction of sp³-hybridized carbons (Fsp3) is 0.200. The minimum atomic E-state index is 0.533. The first kappa shape index (κ1) is 12.0. The van der Waals surface area contributed by atoms with Crippen LogP contribution in [0.15, 0.2) is 48.5 Å². The molecule has 0 unspecified atom stereocenters. The van der Waals surface area contributed by atoms with E-state index in [2.05, 4.69) is 19.1 Å². The van der Waals surface area contributed by atoms with Gasteiger partial charge in [-0.05, 0) is 41.8 Å². The Morgan fingerprint density at radius 2 is 1.71 bits per heavy atom. The first-order chi connectivity index (χ1) is 8.31. The standard InChI is InChI=1S/C15H15ClO/c1-2-12-4-3-5-15(10-12)17-14-8-6-13(11-16)7-9-14/h3-10H,2,11H2,1H3. The fourth-order valence-electron chi connectivity index (χ4n) is 1.61. The quantitative estimate of drug-likeness (QED) is 0.706. The zero-order valence-corrected chi connectivity index (χ0v) is 10.6. The summed E-state index contributed by atoms with van der Waals surface area (Å²) in [6, 6.07) is 16.0. The second-order valence-electron chi connectivity index (χ2n) is 3.88. The monoisotopic (exact) mass is 246 g/mol. The van der Waals surface area contributed by atoms with Gasteiger partial charge in [-0.25, -0.2) is 0 Å². The van der Waals surface area contributed by atoms with Crippen molar-refractivity contribution in [2.75, 3.05) is 0 Å². The molecular weight excluding hydrogens is 232 g/mol. The summed E-state index contributed by atoms with van der Waals surface area (Å²) in [7, 11) is 0. The number of hydrogen-bond donors (Lipinski definition) is 0. The molecule has 0 saturated carbocycles. The third kappa shape index (κ3) is 3.24. The van der Waals surface area contributed by atoms with E-state index in [1.165, 1.54) is 5.56 Å². The molecule has 0 heterocycles. The van der Waals surface area contributed by atoms with Crippen LogP contribution < -0.4 is 4.74 Å². The van der Waals surface area contributed by atoms with Gasteiger partial charge in [0.2, 0.25) is 0 Å². The number of aryl methyl sites for hydroxylation is 1. The molecule has 2 aromatic carbocycles. The van der Waals surface area contributed by atoms with Crippen molar-refractivity contribution in [1.82, 2.24) is 0 Å². The van der Waals surface area contributed by atoms with E-state index in [-0.39, 0.29) is 0 Å². The number of hydrogen-bond acceptors (Lipinski definition) is 1. The van der Waals surface area contributed by atoms with Gasteiger partial charge in [-0.1, -0.05) is 31.2 Å². The summed E-state index contributed by atoms with van der Waals surface area (Å²) in [6.45, 7) is 2.13. The van der Waals surface area contributed by atoms with Gasteiger partial charge in [-0.2, -0.15) is 0 Å². The maximum Gasteiger partial charge on any atom is 0.127 e. The number of benzene rings is 2. The fourth-order valence-corrected chi connectivity index (χ4v) is 1.79. The van der Waals surface area contributed by atoms with Gasteiger partial charge in [0.15, 0.2) is 0 Å². The molecule has 0 aliphatic rings. The molecule has 0 atom stereocenters. The Hall–Kier alpha value is -1.47. The van der Waals surface area contributed by atoms with Crippen LogP contribution in [-0.4, -0.2) is 0 Å². The van der Waals surface area contributed by atoms with Crippen molar-refractivity contribution in [3.8, 4) is 11.5 Å². The van der Waals surface area contributed by atoms with Crippen LogP contribution in [0.3, 0.4) is 0 Å². The van der Waals surface area contributed by atoms with E-state index in [0.29, 0.717) is 5.88 Å². The second-order valence-corrected chi connectivity index (χ2v) is 4.15. The minimum Gasteiger partial charge on any atom is -0.457 e. The number of ether oxygens (including phenoxy) is 1. The predicted octanol–water partition coefficient (Wildman–Crippen LogP) is 4.78. The Morgan fingerprint density at radius 3 is 2.35 bits per heavy atom. The lowest BCUT2D eigenvalue weighted by Crippen LogP contribution is -1.86. The van der Waals surface area contributed by atoms with Gasteiger partial charge in [0.1, 0.15) is 11.5 Å². The third-order valence-corrected chi connectivity index (χ3v) is 2.93. The lowest BCUT2D eigenvalue weighted by atomic mass is 10.2. The number of alkyl halides is 1. The maximum atomic E-state index is 5.78. The topological polar surface area (TPSA) is 9.23 Å². The summed E-state index contributed by atoms with van der Waals surface area (Å²) in [5, 5.41) is 0. The molecule has 0 saturated heterocycles. The molecule has 0 amide bonds. The van der Waals surface area contributed by atoms with E-state index in [0.717, 1.165) is 23.5 Å². The molecular formula is C15H15ClO. The van der Waals surface area contributed by atoms with Crippen molar-refractivity contribution >= 4 is 11.6 Å². The van der Waals surface area contributed by atoms with Crippen LogP contribution >= 0.6 is 11.6 Å². The van der Waals surface area contributed by atoms with E-state index in [1.807, 2.05) is 36.4 Å². The Labute approximate surface area is 107 Å². The van der Waals surface area contributed by atoms with Gasteiger partial charge in [-0.3, -0.25) is 0 Å². The summed E-state index contributed by atoms with van der Waals surface area (Å²) < 4.78 is 5.78. The molecule has 0 fully saturated rings. The SMILES string of the molecule is CCc1cccc(Oc2ccc(CCl)cc2)c1. The van der Waals surface area contributed by atoms with Crippen molar-refractivity contribution in [2.24, 2.45) is 0 Å². The largest absolute Gasteiger partial charge is 0.457 e. The molecule has 0 bridgehead atoms. The lowest BCUT2D eigenvalue weighted by Gasteiger charge is -2.07.